The van der Waals surface area contributed by atoms with E-state index in [9.17, 15) is 31.1 Å². The molecule has 0 bridgehead atoms. The number of hydrogen-bond donors (Lipinski definition) is 0. The van der Waals surface area contributed by atoms with Gasteiger partial charge in [0.05, 0.1) is 6.42 Å². The van der Waals surface area contributed by atoms with Crippen LogP contribution in [-0.4, -0.2) is 46.6 Å². The Kier molecular flexibility index (Phi) is 7.49. The predicted molar refractivity (Wildman–Crippen MR) is 122 cm³/mol. The van der Waals surface area contributed by atoms with Gasteiger partial charge < -0.3 is 4.74 Å². The van der Waals surface area contributed by atoms with Gasteiger partial charge in [-0.3, -0.25) is 4.57 Å². The van der Waals surface area contributed by atoms with Crippen molar-refractivity contribution in [2.75, 3.05) is 0 Å². The quantitative estimate of drug-likeness (QED) is 0.287. The van der Waals surface area contributed by atoms with Gasteiger partial charge in [0.25, 0.3) is 0 Å². The van der Waals surface area contributed by atoms with Crippen LogP contribution in [0.25, 0.3) is 17.2 Å². The number of halogens is 7. The molecule has 0 aliphatic carbocycles. The Morgan fingerprint density at radius 1 is 1.03 bits per heavy atom. The van der Waals surface area contributed by atoms with Gasteiger partial charge in [-0.05, 0) is 36.4 Å². The SMILES string of the molecule is CCc1nc(Cn2nc(-c3ccc(Cl)cc3)n(CCC(F)(F)F)c2=O)nn1-c1ncccc1OC(F)(F)F. The Labute approximate surface area is 215 Å². The number of aryl methyl sites for hydroxylation is 1. The number of pyridine rings is 1. The summed E-state index contributed by atoms with van der Waals surface area (Å²) in [5.74, 6) is -0.768. The Bertz CT molecular complexity index is 1480. The van der Waals surface area contributed by atoms with E-state index in [-0.39, 0.29) is 36.3 Å². The van der Waals surface area contributed by atoms with Gasteiger partial charge in [-0.15, -0.1) is 23.4 Å². The summed E-state index contributed by atoms with van der Waals surface area (Å²) in [5.41, 5.74) is -0.505. The molecule has 4 rings (SSSR count). The summed E-state index contributed by atoms with van der Waals surface area (Å²) < 4.78 is 84.2. The minimum atomic E-state index is -4.98. The molecule has 0 saturated heterocycles. The van der Waals surface area contributed by atoms with E-state index in [2.05, 4.69) is 24.9 Å². The highest BCUT2D eigenvalue weighted by atomic mass is 35.5. The second-order valence-electron chi connectivity index (χ2n) is 7.87. The smallest absolute Gasteiger partial charge is 0.402 e. The summed E-state index contributed by atoms with van der Waals surface area (Å²) in [6.07, 6.45) is -9.31. The normalized spacial score (nSPS) is 12.2. The molecule has 0 amide bonds. The first-order valence-electron chi connectivity index (χ1n) is 11.0. The van der Waals surface area contributed by atoms with Crippen LogP contribution < -0.4 is 10.4 Å². The third kappa shape index (κ3) is 6.33. The van der Waals surface area contributed by atoms with Crippen LogP contribution in [0.5, 0.6) is 5.75 Å². The van der Waals surface area contributed by atoms with E-state index < -0.39 is 36.9 Å². The Hall–Kier alpha value is -3.88. The molecule has 38 heavy (non-hydrogen) atoms. The molecule has 0 saturated carbocycles. The predicted octanol–water partition coefficient (Wildman–Crippen LogP) is 4.80. The van der Waals surface area contributed by atoms with E-state index in [0.717, 1.165) is 20.0 Å². The summed E-state index contributed by atoms with van der Waals surface area (Å²) >= 11 is 5.89. The van der Waals surface area contributed by atoms with E-state index in [1.165, 1.54) is 36.5 Å². The van der Waals surface area contributed by atoms with Gasteiger partial charge in [-0.25, -0.2) is 19.4 Å². The van der Waals surface area contributed by atoms with Crippen LogP contribution in [0.3, 0.4) is 0 Å². The number of alkyl halides is 6. The van der Waals surface area contributed by atoms with Crippen LogP contribution in [0.2, 0.25) is 5.02 Å². The Balaban J connectivity index is 1.73. The standard InChI is InChI=1S/C22H18ClF6N7O2/c1-2-17-31-16(32-36(17)19-15(4-3-10-30-19)38-22(27,28)29)12-35-20(37)34(11-9-21(24,25)26)18(33-35)13-5-7-14(23)8-6-13/h3-8,10H,2,9,11-12H2,1H3. The molecule has 0 spiro atoms. The van der Waals surface area contributed by atoms with Crippen LogP contribution in [-0.2, 0) is 19.5 Å². The molecule has 16 heteroatoms. The van der Waals surface area contributed by atoms with Gasteiger partial charge in [0.15, 0.2) is 23.2 Å². The van der Waals surface area contributed by atoms with Gasteiger partial charge >= 0.3 is 18.2 Å². The fourth-order valence-electron chi connectivity index (χ4n) is 3.53. The van der Waals surface area contributed by atoms with Crippen molar-refractivity contribution in [3.8, 4) is 23.0 Å². The van der Waals surface area contributed by atoms with Crippen LogP contribution >= 0.6 is 11.6 Å². The van der Waals surface area contributed by atoms with Crippen LogP contribution in [0.15, 0.2) is 47.4 Å². The monoisotopic (exact) mass is 561 g/mol. The molecule has 0 N–H and O–H groups in total. The molecule has 0 unspecified atom stereocenters. The summed E-state index contributed by atoms with van der Waals surface area (Å²) in [6.45, 7) is 0.614. The zero-order valence-electron chi connectivity index (χ0n) is 19.5. The van der Waals surface area contributed by atoms with Crippen molar-refractivity contribution in [3.63, 3.8) is 0 Å². The lowest BCUT2D eigenvalue weighted by Gasteiger charge is -2.12. The number of nitrogens with zero attached hydrogens (tertiary/aromatic N) is 7. The zero-order valence-corrected chi connectivity index (χ0v) is 20.2. The van der Waals surface area contributed by atoms with E-state index in [4.69, 9.17) is 11.6 Å². The van der Waals surface area contributed by atoms with Crippen molar-refractivity contribution in [1.29, 1.82) is 0 Å². The second-order valence-corrected chi connectivity index (χ2v) is 8.31. The van der Waals surface area contributed by atoms with Crippen molar-refractivity contribution in [2.24, 2.45) is 0 Å². The van der Waals surface area contributed by atoms with Crippen molar-refractivity contribution in [3.05, 3.63) is 69.8 Å². The first-order valence-corrected chi connectivity index (χ1v) is 11.4. The highest BCUT2D eigenvalue weighted by Gasteiger charge is 2.33. The van der Waals surface area contributed by atoms with Gasteiger partial charge in [0.1, 0.15) is 12.4 Å². The molecule has 3 heterocycles. The van der Waals surface area contributed by atoms with Gasteiger partial charge in [-0.1, -0.05) is 18.5 Å². The summed E-state index contributed by atoms with van der Waals surface area (Å²) in [5, 5.41) is 8.74. The molecule has 4 aromatic rings. The molecule has 202 valence electrons. The molecule has 3 aromatic heterocycles. The molecule has 0 atom stereocenters. The number of aromatic nitrogens is 7. The van der Waals surface area contributed by atoms with E-state index in [0.29, 0.717) is 10.6 Å². The highest BCUT2D eigenvalue weighted by molar-refractivity contribution is 6.30. The van der Waals surface area contributed by atoms with Crippen molar-refractivity contribution < 1.29 is 31.1 Å². The average molecular weight is 562 g/mol. The van der Waals surface area contributed by atoms with Crippen molar-refractivity contribution in [2.45, 2.75) is 45.4 Å². The number of benzene rings is 1. The maximum Gasteiger partial charge on any atom is 0.573 e. The summed E-state index contributed by atoms with van der Waals surface area (Å²) in [6, 6.07) is 8.31. The number of ether oxygens (including phenoxy) is 1. The molecule has 1 aromatic carbocycles. The lowest BCUT2D eigenvalue weighted by Crippen LogP contribution is -2.27. The number of rotatable bonds is 8. The van der Waals surface area contributed by atoms with Gasteiger partial charge in [0.2, 0.25) is 0 Å². The van der Waals surface area contributed by atoms with Crippen LogP contribution in [0, 0.1) is 0 Å². The van der Waals surface area contributed by atoms with Gasteiger partial charge in [-0.2, -0.15) is 17.9 Å². The summed E-state index contributed by atoms with van der Waals surface area (Å²) in [7, 11) is 0. The molecular weight excluding hydrogens is 544 g/mol. The highest BCUT2D eigenvalue weighted by Crippen LogP contribution is 2.28. The fourth-order valence-corrected chi connectivity index (χ4v) is 3.66. The molecule has 0 radical (unpaired) electrons. The minimum absolute atomic E-state index is 0.0309. The van der Waals surface area contributed by atoms with E-state index in [1.54, 1.807) is 6.92 Å². The average Bonchev–Trinajstić information content (AvgIpc) is 3.38. The lowest BCUT2D eigenvalue weighted by molar-refractivity contribution is -0.274. The maximum absolute atomic E-state index is 13.0. The third-order valence-electron chi connectivity index (χ3n) is 5.15. The topological polar surface area (TPSA) is 92.7 Å². The van der Waals surface area contributed by atoms with E-state index in [1.807, 2.05) is 0 Å². The third-order valence-corrected chi connectivity index (χ3v) is 5.40. The maximum atomic E-state index is 13.0. The molecule has 9 nitrogen and oxygen atoms in total. The molecule has 0 fully saturated rings. The largest absolute Gasteiger partial charge is 0.573 e. The van der Waals surface area contributed by atoms with Crippen molar-refractivity contribution >= 4 is 11.6 Å². The zero-order chi connectivity index (χ0) is 27.7. The first-order chi connectivity index (χ1) is 17.8. The Morgan fingerprint density at radius 2 is 1.74 bits per heavy atom. The lowest BCUT2D eigenvalue weighted by atomic mass is 10.2. The second kappa shape index (κ2) is 10.5. The minimum Gasteiger partial charge on any atom is -0.402 e. The van der Waals surface area contributed by atoms with Crippen LogP contribution in [0.4, 0.5) is 26.3 Å². The Morgan fingerprint density at radius 3 is 2.37 bits per heavy atom. The number of hydrogen-bond acceptors (Lipinski definition) is 6. The molecular formula is C22H18ClF6N7O2. The van der Waals surface area contributed by atoms with Crippen molar-refractivity contribution in [1.82, 2.24) is 34.1 Å². The molecule has 0 aliphatic rings. The fraction of sp³-hybridized carbons (Fsp3) is 0.318. The summed E-state index contributed by atoms with van der Waals surface area (Å²) in [4.78, 5) is 21.2. The first kappa shape index (κ1) is 27.2. The van der Waals surface area contributed by atoms with E-state index >= 15 is 0 Å². The van der Waals surface area contributed by atoms with Gasteiger partial charge in [0, 0.05) is 29.7 Å². The molecule has 0 aliphatic heterocycles. The van der Waals surface area contributed by atoms with Crippen LogP contribution in [0.1, 0.15) is 25.0 Å².